The van der Waals surface area contributed by atoms with Crippen molar-refractivity contribution < 1.29 is 14.7 Å². The predicted molar refractivity (Wildman–Crippen MR) is 91.4 cm³/mol. The first-order valence-corrected chi connectivity index (χ1v) is 7.81. The molecule has 1 aromatic carbocycles. The van der Waals surface area contributed by atoms with E-state index in [0.717, 1.165) is 17.5 Å². The van der Waals surface area contributed by atoms with Crippen molar-refractivity contribution in [3.63, 3.8) is 0 Å². The summed E-state index contributed by atoms with van der Waals surface area (Å²) < 4.78 is 0. The van der Waals surface area contributed by atoms with E-state index < -0.39 is 6.09 Å². The molecule has 0 aliphatic carbocycles. The van der Waals surface area contributed by atoms with Gasteiger partial charge in [0.15, 0.2) is 0 Å². The van der Waals surface area contributed by atoms with Gasteiger partial charge in [-0.3, -0.25) is 9.78 Å². The molecule has 24 heavy (non-hydrogen) atoms. The van der Waals surface area contributed by atoms with Crippen LogP contribution < -0.4 is 5.32 Å². The predicted octanol–water partition coefficient (Wildman–Crippen LogP) is 2.10. The van der Waals surface area contributed by atoms with Crippen molar-refractivity contribution in [2.45, 2.75) is 12.5 Å². The van der Waals surface area contributed by atoms with Gasteiger partial charge in [-0.2, -0.15) is 0 Å². The molecule has 1 aromatic heterocycles. The van der Waals surface area contributed by atoms with Crippen molar-refractivity contribution in [3.8, 4) is 0 Å². The van der Waals surface area contributed by atoms with Crippen LogP contribution in [0, 0.1) is 0 Å². The molecule has 7 heteroatoms. The van der Waals surface area contributed by atoms with Crippen LogP contribution in [0.25, 0.3) is 10.9 Å². The molecule has 2 N–H and O–H groups in total. The van der Waals surface area contributed by atoms with Gasteiger partial charge in [0.1, 0.15) is 0 Å². The number of pyridine rings is 1. The van der Waals surface area contributed by atoms with Crippen molar-refractivity contribution >= 4 is 28.6 Å². The van der Waals surface area contributed by atoms with Crippen molar-refractivity contribution in [3.05, 3.63) is 36.0 Å². The monoisotopic (exact) mass is 328 g/mol. The minimum atomic E-state index is -0.891. The highest BCUT2D eigenvalue weighted by molar-refractivity contribution is 6.08. The smallest absolute Gasteiger partial charge is 0.407 e. The molecule has 1 fully saturated rings. The van der Waals surface area contributed by atoms with Gasteiger partial charge in [0, 0.05) is 50.5 Å². The Hall–Kier alpha value is -2.83. The van der Waals surface area contributed by atoms with Crippen LogP contribution in [0.5, 0.6) is 0 Å². The molecule has 7 nitrogen and oxygen atoms in total. The van der Waals surface area contributed by atoms with E-state index in [2.05, 4.69) is 10.3 Å². The van der Waals surface area contributed by atoms with E-state index in [1.54, 1.807) is 26.4 Å². The topological polar surface area (TPSA) is 85.8 Å². The Morgan fingerprint density at radius 1 is 1.33 bits per heavy atom. The first kappa shape index (κ1) is 16.0. The number of carbonyl (C=O) groups excluding carboxylic acids is 1. The van der Waals surface area contributed by atoms with Gasteiger partial charge in [0.25, 0.3) is 5.91 Å². The van der Waals surface area contributed by atoms with Crippen molar-refractivity contribution in [1.29, 1.82) is 0 Å². The number of fused-ring (bicyclic) bond motifs is 1. The second-order valence-corrected chi connectivity index (χ2v) is 6.12. The minimum absolute atomic E-state index is 0.0555. The second-order valence-electron chi connectivity index (χ2n) is 6.12. The van der Waals surface area contributed by atoms with Crippen LogP contribution in [0.1, 0.15) is 16.8 Å². The average Bonchev–Trinajstić information content (AvgIpc) is 3.03. The first-order valence-electron chi connectivity index (χ1n) is 7.81. The normalized spacial score (nSPS) is 17.1. The van der Waals surface area contributed by atoms with Gasteiger partial charge in [0.2, 0.25) is 0 Å². The van der Waals surface area contributed by atoms with Crippen molar-refractivity contribution in [2.75, 3.05) is 32.5 Å². The number of hydrogen-bond donors (Lipinski definition) is 2. The highest BCUT2D eigenvalue weighted by atomic mass is 16.4. The summed E-state index contributed by atoms with van der Waals surface area (Å²) in [7, 11) is 3.42. The molecule has 2 aromatic rings. The Morgan fingerprint density at radius 2 is 2.12 bits per heavy atom. The summed E-state index contributed by atoms with van der Waals surface area (Å²) in [4.78, 5) is 30.7. The Balaban J connectivity index is 1.92. The maximum Gasteiger partial charge on any atom is 0.407 e. The summed E-state index contributed by atoms with van der Waals surface area (Å²) in [5.74, 6) is -0.0943. The summed E-state index contributed by atoms with van der Waals surface area (Å²) in [6, 6.07) is 7.44. The lowest BCUT2D eigenvalue weighted by Gasteiger charge is -2.18. The highest BCUT2D eigenvalue weighted by Gasteiger charge is 2.26. The number of carboxylic acid groups (broad SMARTS) is 1. The third-order valence-electron chi connectivity index (χ3n) is 4.22. The number of likely N-dealkylation sites (tertiary alicyclic amines) is 1. The Morgan fingerprint density at radius 3 is 2.79 bits per heavy atom. The number of aromatic nitrogens is 1. The number of nitrogens with one attached hydrogen (secondary N) is 1. The fourth-order valence-electron chi connectivity index (χ4n) is 2.98. The summed E-state index contributed by atoms with van der Waals surface area (Å²) in [5.41, 5.74) is 2.07. The van der Waals surface area contributed by atoms with E-state index in [1.807, 2.05) is 18.2 Å². The molecule has 126 valence electrons. The Kier molecular flexibility index (Phi) is 4.24. The van der Waals surface area contributed by atoms with Crippen LogP contribution in [0.3, 0.4) is 0 Å². The number of carbonyl (C=O) groups is 2. The van der Waals surface area contributed by atoms with Crippen LogP contribution >= 0.6 is 0 Å². The van der Waals surface area contributed by atoms with E-state index in [0.29, 0.717) is 24.2 Å². The maximum atomic E-state index is 12.3. The Bertz CT molecular complexity index is 790. The molecule has 0 saturated carbocycles. The van der Waals surface area contributed by atoms with Gasteiger partial charge >= 0.3 is 6.09 Å². The van der Waals surface area contributed by atoms with Gasteiger partial charge < -0.3 is 20.2 Å². The van der Waals surface area contributed by atoms with Crippen LogP contribution in [0.15, 0.2) is 30.5 Å². The lowest BCUT2D eigenvalue weighted by atomic mass is 10.1. The third-order valence-corrected chi connectivity index (χ3v) is 4.22. The molecule has 1 saturated heterocycles. The minimum Gasteiger partial charge on any atom is -0.465 e. The lowest BCUT2D eigenvalue weighted by molar-refractivity contribution is 0.0829. The van der Waals surface area contributed by atoms with Gasteiger partial charge in [-0.15, -0.1) is 0 Å². The molecule has 0 unspecified atom stereocenters. The van der Waals surface area contributed by atoms with Crippen molar-refractivity contribution in [2.24, 2.45) is 0 Å². The fourth-order valence-corrected chi connectivity index (χ4v) is 2.98. The molecule has 2 heterocycles. The van der Waals surface area contributed by atoms with Gasteiger partial charge in [-0.1, -0.05) is 0 Å². The van der Waals surface area contributed by atoms with Crippen molar-refractivity contribution in [1.82, 2.24) is 14.8 Å². The number of rotatable bonds is 3. The third kappa shape index (κ3) is 2.97. The summed E-state index contributed by atoms with van der Waals surface area (Å²) >= 11 is 0. The molecule has 2 amide bonds. The van der Waals surface area contributed by atoms with Crippen LogP contribution in [0.4, 0.5) is 10.5 Å². The van der Waals surface area contributed by atoms with Crippen LogP contribution in [0.2, 0.25) is 0 Å². The molecule has 3 rings (SSSR count). The molecule has 1 aliphatic heterocycles. The lowest BCUT2D eigenvalue weighted by Crippen LogP contribution is -2.30. The van der Waals surface area contributed by atoms with E-state index in [9.17, 15) is 9.59 Å². The van der Waals surface area contributed by atoms with Gasteiger partial charge in [0.05, 0.1) is 11.1 Å². The zero-order chi connectivity index (χ0) is 17.3. The number of amides is 2. The summed E-state index contributed by atoms with van der Waals surface area (Å²) in [5, 5.41) is 13.3. The van der Waals surface area contributed by atoms with E-state index in [-0.39, 0.29) is 11.9 Å². The average molecular weight is 328 g/mol. The molecule has 1 aliphatic rings. The number of anilines is 1. The second kappa shape index (κ2) is 6.35. The van der Waals surface area contributed by atoms with E-state index in [4.69, 9.17) is 5.11 Å². The fraction of sp³-hybridized carbons (Fsp3) is 0.353. The first-order chi connectivity index (χ1) is 11.5. The number of hydrogen-bond acceptors (Lipinski definition) is 4. The van der Waals surface area contributed by atoms with E-state index in [1.165, 1.54) is 9.80 Å². The quantitative estimate of drug-likeness (QED) is 0.901. The standard InChI is InChI=1S/C17H20N4O3/c1-20(2)16(22)13-5-6-14(12-4-3-8-18-15(12)13)19-11-7-9-21(10-11)17(23)24/h3-6,8,11,19H,7,9-10H2,1-2H3,(H,23,24)/t11-/m0/s1. The van der Waals surface area contributed by atoms with Gasteiger partial charge in [-0.25, -0.2) is 4.79 Å². The number of benzene rings is 1. The SMILES string of the molecule is CN(C)C(=O)c1ccc(N[C@H]2CCN(C(=O)O)C2)c2cccnc12. The van der Waals surface area contributed by atoms with Crippen LogP contribution in [-0.4, -0.2) is 65.1 Å². The molecular formula is C17H20N4O3. The largest absolute Gasteiger partial charge is 0.465 e. The Labute approximate surface area is 139 Å². The zero-order valence-corrected chi connectivity index (χ0v) is 13.7. The molecule has 0 radical (unpaired) electrons. The van der Waals surface area contributed by atoms with Crippen LogP contribution in [-0.2, 0) is 0 Å². The molecule has 1 atom stereocenters. The summed E-state index contributed by atoms with van der Waals surface area (Å²) in [6.45, 7) is 0.982. The highest BCUT2D eigenvalue weighted by Crippen LogP contribution is 2.27. The zero-order valence-electron chi connectivity index (χ0n) is 13.7. The van der Waals surface area contributed by atoms with Gasteiger partial charge in [-0.05, 0) is 30.7 Å². The van der Waals surface area contributed by atoms with E-state index >= 15 is 0 Å². The maximum absolute atomic E-state index is 12.3. The number of nitrogens with zero attached hydrogens (tertiary/aromatic N) is 3. The summed E-state index contributed by atoms with van der Waals surface area (Å²) in [6.07, 6.45) is 1.53. The molecular weight excluding hydrogens is 308 g/mol. The molecule has 0 bridgehead atoms. The molecule has 0 spiro atoms.